The van der Waals surface area contributed by atoms with Gasteiger partial charge in [0, 0.05) is 22.5 Å². The fraction of sp³-hybridized carbons (Fsp3) is 0.176. The van der Waals surface area contributed by atoms with Crippen LogP contribution in [0.3, 0.4) is 0 Å². The summed E-state index contributed by atoms with van der Waals surface area (Å²) in [6.07, 6.45) is -0.305. The molecule has 0 atom stereocenters. The van der Waals surface area contributed by atoms with Gasteiger partial charge in [0.15, 0.2) is 11.5 Å². The quantitative estimate of drug-likeness (QED) is 0.834. The van der Waals surface area contributed by atoms with E-state index in [0.717, 1.165) is 0 Å². The number of benzene rings is 2. The lowest BCUT2D eigenvalue weighted by atomic mass is 10.2. The Kier molecular flexibility index (Phi) is 4.86. The summed E-state index contributed by atoms with van der Waals surface area (Å²) in [6.45, 7) is 0.967. The van der Waals surface area contributed by atoms with Crippen LogP contribution in [-0.2, 0) is 9.59 Å². The molecule has 0 saturated carbocycles. The van der Waals surface area contributed by atoms with Crippen LogP contribution in [0.25, 0.3) is 0 Å². The zero-order valence-corrected chi connectivity index (χ0v) is 13.4. The Morgan fingerprint density at radius 1 is 0.917 bits per heavy atom. The van der Waals surface area contributed by atoms with Crippen LogP contribution in [0, 0.1) is 0 Å². The highest BCUT2D eigenvalue weighted by molar-refractivity contribution is 6.30. The number of fused-ring (bicyclic) bond motifs is 1. The van der Waals surface area contributed by atoms with Crippen LogP contribution in [0.5, 0.6) is 11.5 Å². The third kappa shape index (κ3) is 4.17. The summed E-state index contributed by atoms with van der Waals surface area (Å²) in [7, 11) is 0. The van der Waals surface area contributed by atoms with E-state index < -0.39 is 11.8 Å². The zero-order chi connectivity index (χ0) is 16.9. The van der Waals surface area contributed by atoms with Crippen LogP contribution in [0.1, 0.15) is 6.42 Å². The fourth-order valence-electron chi connectivity index (χ4n) is 2.24. The average Bonchev–Trinajstić information content (AvgIpc) is 2.54. The molecule has 1 heterocycles. The van der Waals surface area contributed by atoms with Crippen LogP contribution in [0.2, 0.25) is 5.02 Å². The van der Waals surface area contributed by atoms with Gasteiger partial charge in [0.1, 0.15) is 19.6 Å². The lowest BCUT2D eigenvalue weighted by Crippen LogP contribution is -2.21. The third-order valence-electron chi connectivity index (χ3n) is 3.26. The molecular weight excluding hydrogens is 332 g/mol. The minimum Gasteiger partial charge on any atom is -0.486 e. The van der Waals surface area contributed by atoms with Gasteiger partial charge in [-0.15, -0.1) is 0 Å². The minimum atomic E-state index is -0.425. The molecule has 1 aliphatic rings. The second-order valence-electron chi connectivity index (χ2n) is 5.14. The number of amides is 2. The number of hydrogen-bond donors (Lipinski definition) is 2. The molecule has 1 aliphatic heterocycles. The predicted octanol–water partition coefficient (Wildman–Crippen LogP) is 3.08. The van der Waals surface area contributed by atoms with E-state index in [9.17, 15) is 9.59 Å². The first-order valence-electron chi connectivity index (χ1n) is 7.35. The Morgan fingerprint density at radius 3 is 2.29 bits per heavy atom. The molecule has 2 amide bonds. The van der Waals surface area contributed by atoms with Crippen molar-refractivity contribution in [1.29, 1.82) is 0 Å². The molecule has 7 heteroatoms. The maximum Gasteiger partial charge on any atom is 0.233 e. The van der Waals surface area contributed by atoms with E-state index in [2.05, 4.69) is 10.6 Å². The van der Waals surface area contributed by atoms with Crippen molar-refractivity contribution in [1.82, 2.24) is 0 Å². The van der Waals surface area contributed by atoms with Gasteiger partial charge in [-0.1, -0.05) is 17.7 Å². The molecule has 124 valence electrons. The standard InChI is InChI=1S/C17H15ClN2O4/c18-11-2-1-3-12(8-11)19-16(21)10-17(22)20-13-4-5-14-15(9-13)24-7-6-23-14/h1-5,8-9H,6-7,10H2,(H,19,21)(H,20,22). The Labute approximate surface area is 143 Å². The Hall–Kier alpha value is -2.73. The highest BCUT2D eigenvalue weighted by Gasteiger charge is 2.14. The van der Waals surface area contributed by atoms with Gasteiger partial charge >= 0.3 is 0 Å². The van der Waals surface area contributed by atoms with Gasteiger partial charge in [-0.3, -0.25) is 9.59 Å². The number of rotatable bonds is 4. The summed E-state index contributed by atoms with van der Waals surface area (Å²) in [6, 6.07) is 11.8. The highest BCUT2D eigenvalue weighted by atomic mass is 35.5. The summed E-state index contributed by atoms with van der Waals surface area (Å²) in [4.78, 5) is 23.9. The van der Waals surface area contributed by atoms with E-state index in [-0.39, 0.29) is 6.42 Å². The van der Waals surface area contributed by atoms with E-state index in [0.29, 0.717) is 41.1 Å². The van der Waals surface area contributed by atoms with Gasteiger partial charge in [0.25, 0.3) is 0 Å². The van der Waals surface area contributed by atoms with Crippen molar-refractivity contribution in [3.05, 3.63) is 47.5 Å². The van der Waals surface area contributed by atoms with Gasteiger partial charge in [-0.25, -0.2) is 0 Å². The van der Waals surface area contributed by atoms with Crippen LogP contribution < -0.4 is 20.1 Å². The van der Waals surface area contributed by atoms with Crippen LogP contribution >= 0.6 is 11.6 Å². The summed E-state index contributed by atoms with van der Waals surface area (Å²) in [5.74, 6) is 0.360. The van der Waals surface area contributed by atoms with Crippen molar-refractivity contribution in [2.45, 2.75) is 6.42 Å². The van der Waals surface area contributed by atoms with Crippen LogP contribution in [-0.4, -0.2) is 25.0 Å². The fourth-order valence-corrected chi connectivity index (χ4v) is 2.43. The molecule has 24 heavy (non-hydrogen) atoms. The molecule has 0 bridgehead atoms. The summed E-state index contributed by atoms with van der Waals surface area (Å²) < 4.78 is 10.9. The first-order valence-corrected chi connectivity index (χ1v) is 7.73. The lowest BCUT2D eigenvalue weighted by molar-refractivity contribution is -0.123. The van der Waals surface area contributed by atoms with Gasteiger partial charge in [-0.2, -0.15) is 0 Å². The first-order chi connectivity index (χ1) is 11.6. The van der Waals surface area contributed by atoms with Crippen LogP contribution in [0.4, 0.5) is 11.4 Å². The number of hydrogen-bond acceptors (Lipinski definition) is 4. The molecule has 3 rings (SSSR count). The van der Waals surface area contributed by atoms with Crippen molar-refractivity contribution >= 4 is 34.8 Å². The molecule has 2 aromatic carbocycles. The van der Waals surface area contributed by atoms with E-state index in [1.165, 1.54) is 0 Å². The molecule has 0 fully saturated rings. The van der Waals surface area contributed by atoms with Gasteiger partial charge in [0.2, 0.25) is 11.8 Å². The molecule has 2 aromatic rings. The SMILES string of the molecule is O=C(CC(=O)Nc1ccc2c(c1)OCCO2)Nc1cccc(Cl)c1. The van der Waals surface area contributed by atoms with Gasteiger partial charge in [0.05, 0.1) is 0 Å². The monoisotopic (exact) mass is 346 g/mol. The predicted molar refractivity (Wildman–Crippen MR) is 90.8 cm³/mol. The van der Waals surface area contributed by atoms with Crippen molar-refractivity contribution in [3.63, 3.8) is 0 Å². The molecule has 0 aromatic heterocycles. The minimum absolute atomic E-state index is 0.305. The largest absolute Gasteiger partial charge is 0.486 e. The molecule has 0 saturated heterocycles. The topological polar surface area (TPSA) is 76.7 Å². The van der Waals surface area contributed by atoms with E-state index in [1.54, 1.807) is 42.5 Å². The average molecular weight is 347 g/mol. The molecule has 2 N–H and O–H groups in total. The maximum absolute atomic E-state index is 12.0. The normalized spacial score (nSPS) is 12.4. The second kappa shape index (κ2) is 7.23. The summed E-state index contributed by atoms with van der Waals surface area (Å²) >= 11 is 5.85. The van der Waals surface area contributed by atoms with Crippen molar-refractivity contribution in [2.24, 2.45) is 0 Å². The second-order valence-corrected chi connectivity index (χ2v) is 5.58. The zero-order valence-electron chi connectivity index (χ0n) is 12.7. The lowest BCUT2D eigenvalue weighted by Gasteiger charge is -2.19. The third-order valence-corrected chi connectivity index (χ3v) is 3.49. The number of anilines is 2. The molecule has 6 nitrogen and oxygen atoms in total. The summed E-state index contributed by atoms with van der Waals surface area (Å²) in [5.41, 5.74) is 1.08. The smallest absolute Gasteiger partial charge is 0.233 e. The van der Waals surface area contributed by atoms with Crippen molar-refractivity contribution in [2.75, 3.05) is 23.8 Å². The highest BCUT2D eigenvalue weighted by Crippen LogP contribution is 2.32. The van der Waals surface area contributed by atoms with Gasteiger partial charge in [-0.05, 0) is 30.3 Å². The number of carbonyl (C=O) groups excluding carboxylic acids is 2. The first kappa shape index (κ1) is 16.1. The Morgan fingerprint density at radius 2 is 1.58 bits per heavy atom. The number of halogens is 1. The molecule has 0 spiro atoms. The van der Waals surface area contributed by atoms with E-state index in [4.69, 9.17) is 21.1 Å². The number of nitrogens with one attached hydrogen (secondary N) is 2. The molecule has 0 unspecified atom stereocenters. The number of ether oxygens (including phenoxy) is 2. The maximum atomic E-state index is 12.0. The molecule has 0 aliphatic carbocycles. The molecular formula is C17H15ClN2O4. The molecule has 0 radical (unpaired) electrons. The van der Waals surface area contributed by atoms with E-state index in [1.807, 2.05) is 0 Å². The van der Waals surface area contributed by atoms with Crippen molar-refractivity contribution < 1.29 is 19.1 Å². The van der Waals surface area contributed by atoms with Crippen LogP contribution in [0.15, 0.2) is 42.5 Å². The van der Waals surface area contributed by atoms with Crippen molar-refractivity contribution in [3.8, 4) is 11.5 Å². The Balaban J connectivity index is 1.56. The summed E-state index contributed by atoms with van der Waals surface area (Å²) in [5, 5.41) is 5.79. The van der Waals surface area contributed by atoms with Gasteiger partial charge < -0.3 is 20.1 Å². The Bertz CT molecular complexity index is 779. The number of carbonyl (C=O) groups is 2. The van der Waals surface area contributed by atoms with E-state index >= 15 is 0 Å².